The number of aliphatic hydroxyl groups is 1. The Kier molecular flexibility index (Phi) is 5.85. The van der Waals surface area contributed by atoms with Gasteiger partial charge in [-0.1, -0.05) is 28.9 Å². The lowest BCUT2D eigenvalue weighted by Gasteiger charge is -2.17. The summed E-state index contributed by atoms with van der Waals surface area (Å²) in [4.78, 5) is 0. The van der Waals surface area contributed by atoms with Crippen LogP contribution in [0.25, 0.3) is 22.4 Å². The molecule has 2 heterocycles. The number of benzene rings is 2. The molecule has 0 aliphatic rings. The molecule has 0 amide bonds. The van der Waals surface area contributed by atoms with Crippen molar-refractivity contribution in [3.63, 3.8) is 0 Å². The smallest absolute Gasteiger partial charge is 0.157 e. The van der Waals surface area contributed by atoms with E-state index in [1.54, 1.807) is 0 Å². The minimum absolute atomic E-state index is 0.0222. The van der Waals surface area contributed by atoms with Crippen LogP contribution in [0, 0.1) is 6.92 Å². The molecule has 0 saturated heterocycles. The molecule has 2 N–H and O–H groups in total. The van der Waals surface area contributed by atoms with Gasteiger partial charge in [-0.05, 0) is 48.9 Å². The quantitative estimate of drug-likeness (QED) is 0.406. The fourth-order valence-corrected chi connectivity index (χ4v) is 3.33. The summed E-state index contributed by atoms with van der Waals surface area (Å²) >= 11 is 6.03. The van der Waals surface area contributed by atoms with Crippen molar-refractivity contribution in [3.05, 3.63) is 70.9 Å². The maximum Gasteiger partial charge on any atom is 0.157 e. The molecule has 0 aliphatic heterocycles. The lowest BCUT2D eigenvalue weighted by Crippen LogP contribution is -2.28. The predicted molar refractivity (Wildman–Crippen MR) is 111 cm³/mol. The molecule has 0 bridgehead atoms. The first kappa shape index (κ1) is 19.5. The van der Waals surface area contributed by atoms with Gasteiger partial charge < -0.3 is 24.1 Å². The van der Waals surface area contributed by atoms with Crippen LogP contribution in [0.3, 0.4) is 0 Å². The Labute approximate surface area is 173 Å². The first-order valence-electron chi connectivity index (χ1n) is 9.32. The lowest BCUT2D eigenvalue weighted by molar-refractivity contribution is 0.232. The Balaban J connectivity index is 1.36. The fraction of sp³-hybridized carbons (Fsp3) is 0.227. The summed E-state index contributed by atoms with van der Waals surface area (Å²) in [5, 5.41) is 18.5. The second-order valence-electron chi connectivity index (χ2n) is 6.73. The van der Waals surface area contributed by atoms with Gasteiger partial charge >= 0.3 is 0 Å². The lowest BCUT2D eigenvalue weighted by atomic mass is 10.1. The largest absolute Gasteiger partial charge is 0.492 e. The van der Waals surface area contributed by atoms with Crippen LogP contribution in [-0.2, 0) is 0 Å². The van der Waals surface area contributed by atoms with Crippen LogP contribution in [0.5, 0.6) is 5.75 Å². The third-order valence-electron chi connectivity index (χ3n) is 4.56. The molecule has 4 rings (SSSR count). The molecule has 0 fully saturated rings. The highest BCUT2D eigenvalue weighted by atomic mass is 35.5. The van der Waals surface area contributed by atoms with E-state index < -0.39 is 0 Å². The molecule has 2 aromatic heterocycles. The molecule has 0 unspecified atom stereocenters. The van der Waals surface area contributed by atoms with Gasteiger partial charge in [-0.2, -0.15) is 0 Å². The molecule has 7 heteroatoms. The molecule has 0 aliphatic carbocycles. The minimum Gasteiger partial charge on any atom is -0.492 e. The van der Waals surface area contributed by atoms with Crippen LogP contribution >= 0.6 is 11.6 Å². The third-order valence-corrected chi connectivity index (χ3v) is 4.80. The first-order chi connectivity index (χ1) is 14.1. The number of furan rings is 1. The Morgan fingerprint density at radius 3 is 2.83 bits per heavy atom. The van der Waals surface area contributed by atoms with E-state index >= 15 is 0 Å². The number of aromatic nitrogens is 1. The van der Waals surface area contributed by atoms with Gasteiger partial charge in [0.05, 0.1) is 12.6 Å². The molecule has 0 radical (unpaired) electrons. The summed E-state index contributed by atoms with van der Waals surface area (Å²) < 4.78 is 16.8. The summed E-state index contributed by atoms with van der Waals surface area (Å²) in [5.74, 6) is 2.13. The maximum atomic E-state index is 9.63. The highest BCUT2D eigenvalue weighted by molar-refractivity contribution is 6.30. The number of aliphatic hydroxyl groups excluding tert-OH is 1. The highest BCUT2D eigenvalue weighted by Crippen LogP contribution is 2.30. The van der Waals surface area contributed by atoms with E-state index in [0.29, 0.717) is 29.6 Å². The van der Waals surface area contributed by atoms with Crippen molar-refractivity contribution in [3.8, 4) is 17.2 Å². The molecule has 6 nitrogen and oxygen atoms in total. The topological polar surface area (TPSA) is 80.7 Å². The van der Waals surface area contributed by atoms with Crippen molar-refractivity contribution >= 4 is 22.6 Å². The average Bonchev–Trinajstić information content (AvgIpc) is 3.33. The SMILES string of the molecule is Cc1cc(-c2cc3cc(OCCN[C@@H](CO)c4cccc(Cl)c4)ccc3o2)no1. The van der Waals surface area contributed by atoms with Crippen molar-refractivity contribution < 1.29 is 18.8 Å². The van der Waals surface area contributed by atoms with Gasteiger partial charge in [-0.3, -0.25) is 0 Å². The third kappa shape index (κ3) is 4.62. The second kappa shape index (κ2) is 8.69. The number of aryl methyl sites for hydroxylation is 1. The van der Waals surface area contributed by atoms with Gasteiger partial charge in [0.1, 0.15) is 29.4 Å². The van der Waals surface area contributed by atoms with Crippen LogP contribution in [0.2, 0.25) is 5.02 Å². The summed E-state index contributed by atoms with van der Waals surface area (Å²) in [6.07, 6.45) is 0. The number of nitrogens with one attached hydrogen (secondary N) is 1. The summed E-state index contributed by atoms with van der Waals surface area (Å²) in [6.45, 7) is 2.85. The zero-order valence-corrected chi connectivity index (χ0v) is 16.6. The highest BCUT2D eigenvalue weighted by Gasteiger charge is 2.12. The molecular formula is C22H21ClN2O4. The van der Waals surface area contributed by atoms with Crippen LogP contribution in [-0.4, -0.2) is 30.0 Å². The van der Waals surface area contributed by atoms with Crippen molar-refractivity contribution in [1.82, 2.24) is 10.5 Å². The van der Waals surface area contributed by atoms with Crippen LogP contribution < -0.4 is 10.1 Å². The molecule has 1 atom stereocenters. The molecule has 29 heavy (non-hydrogen) atoms. The van der Waals surface area contributed by atoms with E-state index in [9.17, 15) is 5.11 Å². The minimum atomic E-state index is -0.192. The first-order valence-corrected chi connectivity index (χ1v) is 9.70. The summed E-state index contributed by atoms with van der Waals surface area (Å²) in [7, 11) is 0. The van der Waals surface area contributed by atoms with Gasteiger partial charge in [0, 0.05) is 23.0 Å². The zero-order chi connectivity index (χ0) is 20.2. The van der Waals surface area contributed by atoms with E-state index in [0.717, 1.165) is 28.0 Å². The fourth-order valence-electron chi connectivity index (χ4n) is 3.13. The van der Waals surface area contributed by atoms with E-state index in [-0.39, 0.29) is 12.6 Å². The van der Waals surface area contributed by atoms with E-state index in [4.69, 9.17) is 25.3 Å². The van der Waals surface area contributed by atoms with Gasteiger partial charge in [-0.15, -0.1) is 0 Å². The van der Waals surface area contributed by atoms with E-state index in [2.05, 4.69) is 10.5 Å². The van der Waals surface area contributed by atoms with Crippen molar-refractivity contribution in [2.24, 2.45) is 0 Å². The standard InChI is InChI=1S/C22H21ClN2O4/c1-14-9-19(25-29-14)22-12-16-11-18(5-6-21(16)28-22)27-8-7-24-20(13-26)15-3-2-4-17(23)10-15/h2-6,9-12,20,24,26H,7-8,13H2,1H3/t20-/m0/s1. The Bertz CT molecular complexity index is 1110. The van der Waals surface area contributed by atoms with Crippen LogP contribution in [0.15, 0.2) is 63.5 Å². The predicted octanol–water partition coefficient (Wildman–Crippen LogP) is 4.75. The maximum absolute atomic E-state index is 9.63. The van der Waals surface area contributed by atoms with E-state index in [1.807, 2.05) is 61.5 Å². The number of ether oxygens (including phenoxy) is 1. The normalized spacial score (nSPS) is 12.4. The molecule has 4 aromatic rings. The number of hydrogen-bond donors (Lipinski definition) is 2. The van der Waals surface area contributed by atoms with Gasteiger partial charge in [-0.25, -0.2) is 0 Å². The number of rotatable bonds is 8. The van der Waals surface area contributed by atoms with Gasteiger partial charge in [0.15, 0.2) is 5.76 Å². The second-order valence-corrected chi connectivity index (χ2v) is 7.16. The number of hydrogen-bond acceptors (Lipinski definition) is 6. The summed E-state index contributed by atoms with van der Waals surface area (Å²) in [5.41, 5.74) is 2.37. The monoisotopic (exact) mass is 412 g/mol. The molecular weight excluding hydrogens is 392 g/mol. The molecule has 0 saturated carbocycles. The number of halogens is 1. The Hall–Kier alpha value is -2.80. The van der Waals surface area contributed by atoms with Crippen molar-refractivity contribution in [2.45, 2.75) is 13.0 Å². The number of nitrogens with zero attached hydrogens (tertiary/aromatic N) is 1. The van der Waals surface area contributed by atoms with Crippen LogP contribution in [0.1, 0.15) is 17.4 Å². The molecule has 2 aromatic carbocycles. The zero-order valence-electron chi connectivity index (χ0n) is 15.9. The summed E-state index contributed by atoms with van der Waals surface area (Å²) in [6, 6.07) is 16.7. The molecule has 0 spiro atoms. The van der Waals surface area contributed by atoms with Gasteiger partial charge in [0.25, 0.3) is 0 Å². The van der Waals surface area contributed by atoms with Crippen LogP contribution in [0.4, 0.5) is 0 Å². The Morgan fingerprint density at radius 1 is 1.17 bits per heavy atom. The number of fused-ring (bicyclic) bond motifs is 1. The Morgan fingerprint density at radius 2 is 2.07 bits per heavy atom. The van der Waals surface area contributed by atoms with E-state index in [1.165, 1.54) is 0 Å². The van der Waals surface area contributed by atoms with Crippen molar-refractivity contribution in [1.29, 1.82) is 0 Å². The van der Waals surface area contributed by atoms with Crippen molar-refractivity contribution in [2.75, 3.05) is 19.8 Å². The average molecular weight is 413 g/mol. The molecule has 150 valence electrons. The van der Waals surface area contributed by atoms with Gasteiger partial charge in [0.2, 0.25) is 0 Å².